The van der Waals surface area contributed by atoms with E-state index in [1.807, 2.05) is 0 Å². The number of nitrogens with zero attached hydrogens (tertiary/aromatic N) is 1. The summed E-state index contributed by atoms with van der Waals surface area (Å²) in [5, 5.41) is 28.8. The molecule has 0 aromatic carbocycles. The zero-order valence-electron chi connectivity index (χ0n) is 39.1. The fraction of sp³-hybridized carbons (Fsp3) is 0.778. The Bertz CT molecular complexity index is 1490. The highest BCUT2D eigenvalue weighted by Crippen LogP contribution is 2.14. The Labute approximate surface area is 370 Å². The van der Waals surface area contributed by atoms with Gasteiger partial charge in [0.2, 0.25) is 41.4 Å². The maximum absolute atomic E-state index is 13.6. The van der Waals surface area contributed by atoms with Gasteiger partial charge in [-0.05, 0) is 31.1 Å². The number of nitrogens with one attached hydrogen (secondary N) is 8. The minimum Gasteiger partial charge on any atom is -0.391 e. The van der Waals surface area contributed by atoms with Crippen LogP contribution in [0.5, 0.6) is 0 Å². The molecule has 354 valence electrons. The van der Waals surface area contributed by atoms with Gasteiger partial charge in [0.25, 0.3) is 0 Å². The van der Waals surface area contributed by atoms with E-state index in [1.165, 1.54) is 90.6 Å². The molecular weight excluding hydrogens is 795 g/mol. The number of aliphatic hydroxyl groups excluding tert-OH is 1. The number of amides is 7. The lowest BCUT2D eigenvalue weighted by molar-refractivity contribution is -0.136. The van der Waals surface area contributed by atoms with Crippen molar-refractivity contribution in [2.45, 2.75) is 195 Å². The van der Waals surface area contributed by atoms with Crippen molar-refractivity contribution in [1.82, 2.24) is 47.2 Å². The molecule has 0 fully saturated rings. The summed E-state index contributed by atoms with van der Waals surface area (Å²) in [4.78, 5) is 98.4. The summed E-state index contributed by atoms with van der Waals surface area (Å²) in [5.41, 5.74) is 0.599. The third-order valence-corrected chi connectivity index (χ3v) is 10.7. The van der Waals surface area contributed by atoms with Crippen LogP contribution in [0.4, 0.5) is 0 Å². The predicted molar refractivity (Wildman–Crippen MR) is 240 cm³/mol. The van der Waals surface area contributed by atoms with Crippen LogP contribution in [0, 0.1) is 17.8 Å². The van der Waals surface area contributed by atoms with Crippen LogP contribution in [0.15, 0.2) is 12.5 Å². The number of hydrogen-bond donors (Lipinski definition) is 9. The second kappa shape index (κ2) is 31.3. The molecule has 0 spiro atoms. The van der Waals surface area contributed by atoms with Gasteiger partial charge in [-0.15, -0.1) is 0 Å². The quantitative estimate of drug-likeness (QED) is 0.0469. The minimum atomic E-state index is -1.23. The maximum Gasteiger partial charge on any atom is 0.245 e. The topological polar surface area (TPSA) is 253 Å². The molecule has 62 heavy (non-hydrogen) atoms. The first-order chi connectivity index (χ1) is 29.4. The van der Waals surface area contributed by atoms with Gasteiger partial charge in [-0.1, -0.05) is 132 Å². The predicted octanol–water partition coefficient (Wildman–Crippen LogP) is 3.46. The van der Waals surface area contributed by atoms with Gasteiger partial charge in [0, 0.05) is 31.8 Å². The van der Waals surface area contributed by atoms with E-state index in [0.717, 1.165) is 25.7 Å². The molecule has 0 aliphatic heterocycles. The van der Waals surface area contributed by atoms with Gasteiger partial charge in [0.1, 0.15) is 30.2 Å². The Hall–Kier alpha value is -4.54. The van der Waals surface area contributed by atoms with Crippen LogP contribution >= 0.6 is 0 Å². The normalized spacial score (nSPS) is 14.3. The molecule has 1 rings (SSSR count). The Balaban J connectivity index is 2.66. The van der Waals surface area contributed by atoms with Crippen molar-refractivity contribution in [2.75, 3.05) is 13.1 Å². The highest BCUT2D eigenvalue weighted by molar-refractivity contribution is 5.96. The van der Waals surface area contributed by atoms with E-state index in [4.69, 9.17) is 0 Å². The lowest BCUT2D eigenvalue weighted by Gasteiger charge is -2.30. The molecule has 0 bridgehead atoms. The van der Waals surface area contributed by atoms with Crippen LogP contribution in [0.3, 0.4) is 0 Å². The average Bonchev–Trinajstić information content (AvgIpc) is 3.72. The highest BCUT2D eigenvalue weighted by Gasteiger charge is 2.35. The number of carbonyl (C=O) groups is 7. The molecule has 0 aliphatic rings. The zero-order chi connectivity index (χ0) is 46.6. The summed E-state index contributed by atoms with van der Waals surface area (Å²) in [6.07, 6.45) is 19.0. The van der Waals surface area contributed by atoms with E-state index >= 15 is 0 Å². The van der Waals surface area contributed by atoms with E-state index in [1.54, 1.807) is 41.5 Å². The summed E-state index contributed by atoms with van der Waals surface area (Å²) in [7, 11) is 0. The second-order valence-corrected chi connectivity index (χ2v) is 17.6. The average molecular weight is 876 g/mol. The summed E-state index contributed by atoms with van der Waals surface area (Å²) < 4.78 is 0. The van der Waals surface area contributed by atoms with E-state index < -0.39 is 102 Å². The van der Waals surface area contributed by atoms with E-state index in [0.29, 0.717) is 12.2 Å². The fourth-order valence-corrected chi connectivity index (χ4v) is 6.96. The largest absolute Gasteiger partial charge is 0.391 e. The second-order valence-electron chi connectivity index (χ2n) is 17.6. The van der Waals surface area contributed by atoms with Crippen molar-refractivity contribution in [3.63, 3.8) is 0 Å². The van der Waals surface area contributed by atoms with Crippen LogP contribution in [0.25, 0.3) is 0 Å². The number of aromatic nitrogens is 2. The minimum absolute atomic E-state index is 0.102. The van der Waals surface area contributed by atoms with Crippen molar-refractivity contribution in [3.05, 3.63) is 18.2 Å². The number of H-pyrrole nitrogens is 1. The summed E-state index contributed by atoms with van der Waals surface area (Å²) in [6, 6.07) is -5.51. The maximum atomic E-state index is 13.6. The van der Waals surface area contributed by atoms with E-state index in [9.17, 15) is 38.7 Å². The van der Waals surface area contributed by atoms with Crippen molar-refractivity contribution < 1.29 is 38.7 Å². The van der Waals surface area contributed by atoms with Crippen molar-refractivity contribution in [3.8, 4) is 0 Å². The molecule has 17 heteroatoms. The smallest absolute Gasteiger partial charge is 0.245 e. The Morgan fingerprint density at radius 1 is 0.565 bits per heavy atom. The van der Waals surface area contributed by atoms with Gasteiger partial charge in [0.05, 0.1) is 19.0 Å². The van der Waals surface area contributed by atoms with Crippen LogP contribution < -0.4 is 37.2 Å². The molecule has 1 heterocycles. The van der Waals surface area contributed by atoms with Gasteiger partial charge in [0.15, 0.2) is 0 Å². The standard InChI is InChI=1S/C45H81N9O8/c1-10-11-12-13-14-15-16-17-18-19-20-21-22-23-24-47-43(60)40(32(8)55)51-36(57)27-48-42(59)37(29(2)3)53-45(62)39(31(6)7)54-44(61)38(30(4)5)52-41(58)35(50-33(9)56)25-34-26-46-28-49-34/h26,28-32,35,37-40,55H,10-25,27H2,1-9H3,(H,46,49)(H,47,60)(H,48,59)(H,50,56)(H,51,57)(H,52,58)(H,53,62)(H,54,61)/t32-,35+,37+,38+,39+,40+/m1/s1. The first kappa shape index (κ1) is 55.5. The third-order valence-electron chi connectivity index (χ3n) is 10.7. The molecule has 0 saturated heterocycles. The number of imidazole rings is 1. The lowest BCUT2D eigenvalue weighted by Crippen LogP contribution is -2.61. The highest BCUT2D eigenvalue weighted by atomic mass is 16.3. The van der Waals surface area contributed by atoms with E-state index in [-0.39, 0.29) is 6.42 Å². The molecule has 0 radical (unpaired) electrons. The van der Waals surface area contributed by atoms with Gasteiger partial charge in [-0.3, -0.25) is 33.6 Å². The SMILES string of the molecule is CCCCCCCCCCCCCCCCNC(=O)[C@@H](NC(=O)CNC(=O)[C@@H](NC(=O)[C@@H](NC(=O)[C@@H](NC(=O)[C@H](Cc1cnc[nH]1)NC(C)=O)C(C)C)C(C)C)C(C)C)[C@@H](C)O. The number of carbonyl (C=O) groups excluding carboxylic acids is 7. The summed E-state index contributed by atoms with van der Waals surface area (Å²) >= 11 is 0. The van der Waals surface area contributed by atoms with Crippen LogP contribution in [0.1, 0.15) is 158 Å². The van der Waals surface area contributed by atoms with Crippen molar-refractivity contribution in [1.29, 1.82) is 0 Å². The summed E-state index contributed by atoms with van der Waals surface area (Å²) in [6.45, 7) is 15.1. The first-order valence-electron chi connectivity index (χ1n) is 23.1. The number of aromatic amines is 1. The molecule has 0 saturated carbocycles. The van der Waals surface area contributed by atoms with E-state index in [2.05, 4.69) is 54.1 Å². The monoisotopic (exact) mass is 876 g/mol. The van der Waals surface area contributed by atoms with Crippen molar-refractivity contribution in [2.24, 2.45) is 17.8 Å². The number of aliphatic hydroxyl groups is 1. The molecule has 7 amide bonds. The Kier molecular flexibility index (Phi) is 28.0. The van der Waals surface area contributed by atoms with Gasteiger partial charge in [-0.2, -0.15) is 0 Å². The third kappa shape index (κ3) is 23.1. The Morgan fingerprint density at radius 2 is 1.00 bits per heavy atom. The van der Waals surface area contributed by atoms with Gasteiger partial charge >= 0.3 is 0 Å². The van der Waals surface area contributed by atoms with Crippen LogP contribution in [-0.4, -0.2) is 106 Å². The molecule has 1 aromatic heterocycles. The molecular formula is C45H81N9O8. The Morgan fingerprint density at radius 3 is 1.42 bits per heavy atom. The van der Waals surface area contributed by atoms with Gasteiger partial charge < -0.3 is 47.3 Å². The molecule has 6 atom stereocenters. The lowest BCUT2D eigenvalue weighted by atomic mass is 9.97. The zero-order valence-corrected chi connectivity index (χ0v) is 39.1. The molecule has 0 unspecified atom stereocenters. The molecule has 17 nitrogen and oxygen atoms in total. The molecule has 1 aromatic rings. The summed E-state index contributed by atoms with van der Waals surface area (Å²) in [5.74, 6) is -5.49. The molecule has 0 aliphatic carbocycles. The van der Waals surface area contributed by atoms with Crippen LogP contribution in [-0.2, 0) is 40.0 Å². The van der Waals surface area contributed by atoms with Gasteiger partial charge in [-0.25, -0.2) is 4.98 Å². The number of hydrogen-bond acceptors (Lipinski definition) is 9. The van der Waals surface area contributed by atoms with Crippen molar-refractivity contribution >= 4 is 41.4 Å². The molecule has 9 N–H and O–H groups in total. The fourth-order valence-electron chi connectivity index (χ4n) is 6.96. The first-order valence-corrected chi connectivity index (χ1v) is 23.1. The number of unbranched alkanes of at least 4 members (excludes halogenated alkanes) is 13. The van der Waals surface area contributed by atoms with Crippen LogP contribution in [0.2, 0.25) is 0 Å². The number of rotatable bonds is 33.